The van der Waals surface area contributed by atoms with Crippen molar-refractivity contribution in [3.05, 3.63) is 56.6 Å². The van der Waals surface area contributed by atoms with E-state index in [-0.39, 0.29) is 0 Å². The van der Waals surface area contributed by atoms with Crippen LogP contribution in [0.15, 0.2) is 34.9 Å². The molecule has 0 amide bonds. The molecule has 0 spiro atoms. The van der Waals surface area contributed by atoms with Gasteiger partial charge in [-0.25, -0.2) is 0 Å². The molecule has 2 heterocycles. The van der Waals surface area contributed by atoms with Gasteiger partial charge in [0.2, 0.25) is 0 Å². The minimum Gasteiger partial charge on any atom is -0.333 e. The number of halogens is 2. The molecule has 21 heavy (non-hydrogen) atoms. The van der Waals surface area contributed by atoms with Gasteiger partial charge in [-0.1, -0.05) is 34.4 Å². The first-order valence-corrected chi connectivity index (χ1v) is 7.50. The zero-order valence-electron chi connectivity index (χ0n) is 10.5. The highest BCUT2D eigenvalue weighted by Gasteiger charge is 2.14. The van der Waals surface area contributed by atoms with Gasteiger partial charge in [0.25, 0.3) is 5.89 Å². The standard InChI is InChI=1S/C14H7Cl2N3OS/c15-10-2-1-3-11(16)9(10)6-13-18-14(20-19-13)12-5-4-8(7-17)21-12/h1-5H,6H2. The van der Waals surface area contributed by atoms with Crippen molar-refractivity contribution >= 4 is 34.5 Å². The van der Waals surface area contributed by atoms with Gasteiger partial charge < -0.3 is 4.52 Å². The Balaban J connectivity index is 1.87. The SMILES string of the molecule is N#Cc1ccc(-c2nc(Cc3c(Cl)cccc3Cl)no2)s1. The van der Waals surface area contributed by atoms with Crippen molar-refractivity contribution in [1.82, 2.24) is 10.1 Å². The van der Waals surface area contributed by atoms with Crippen molar-refractivity contribution in [2.24, 2.45) is 0 Å². The van der Waals surface area contributed by atoms with Gasteiger partial charge in [-0.3, -0.25) is 0 Å². The van der Waals surface area contributed by atoms with Gasteiger partial charge in [-0.2, -0.15) is 10.2 Å². The number of hydrogen-bond donors (Lipinski definition) is 0. The van der Waals surface area contributed by atoms with Gasteiger partial charge in [0.1, 0.15) is 10.9 Å². The average molecular weight is 336 g/mol. The second-order valence-electron chi connectivity index (χ2n) is 4.17. The summed E-state index contributed by atoms with van der Waals surface area (Å²) in [5.74, 6) is 0.881. The summed E-state index contributed by atoms with van der Waals surface area (Å²) in [6.07, 6.45) is 0.387. The first-order chi connectivity index (χ1) is 10.2. The quantitative estimate of drug-likeness (QED) is 0.703. The highest BCUT2D eigenvalue weighted by atomic mass is 35.5. The number of hydrogen-bond acceptors (Lipinski definition) is 5. The monoisotopic (exact) mass is 335 g/mol. The summed E-state index contributed by atoms with van der Waals surface area (Å²) in [5, 5.41) is 13.9. The topological polar surface area (TPSA) is 62.7 Å². The molecule has 4 nitrogen and oxygen atoms in total. The normalized spacial score (nSPS) is 10.5. The summed E-state index contributed by atoms with van der Waals surface area (Å²) < 4.78 is 5.21. The van der Waals surface area contributed by atoms with Crippen LogP contribution in [-0.2, 0) is 6.42 Å². The number of aromatic nitrogens is 2. The van der Waals surface area contributed by atoms with E-state index >= 15 is 0 Å². The largest absolute Gasteiger partial charge is 0.333 e. The van der Waals surface area contributed by atoms with Gasteiger partial charge in [-0.05, 0) is 29.8 Å². The number of nitriles is 1. The fraction of sp³-hybridized carbons (Fsp3) is 0.0714. The van der Waals surface area contributed by atoms with Crippen molar-refractivity contribution < 1.29 is 4.52 Å². The van der Waals surface area contributed by atoms with Gasteiger partial charge in [0.15, 0.2) is 5.82 Å². The minimum absolute atomic E-state index is 0.387. The molecule has 0 fully saturated rings. The molecular weight excluding hydrogens is 329 g/mol. The second kappa shape index (κ2) is 5.86. The summed E-state index contributed by atoms with van der Waals surface area (Å²) in [7, 11) is 0. The average Bonchev–Trinajstić information content (AvgIpc) is 3.11. The molecule has 3 aromatic rings. The van der Waals surface area contributed by atoms with E-state index in [1.807, 2.05) is 0 Å². The lowest BCUT2D eigenvalue weighted by Gasteiger charge is -2.02. The number of benzene rings is 1. The molecule has 0 saturated heterocycles. The van der Waals surface area contributed by atoms with E-state index in [9.17, 15) is 0 Å². The molecule has 1 aromatic carbocycles. The Kier molecular flexibility index (Phi) is 3.93. The molecule has 2 aromatic heterocycles. The Bertz CT molecular complexity index is 815. The molecule has 0 unspecified atom stereocenters. The van der Waals surface area contributed by atoms with Gasteiger partial charge in [-0.15, -0.1) is 11.3 Å². The summed E-state index contributed by atoms with van der Waals surface area (Å²) >= 11 is 13.5. The van der Waals surface area contributed by atoms with Crippen LogP contribution < -0.4 is 0 Å². The highest BCUT2D eigenvalue weighted by molar-refractivity contribution is 7.15. The summed E-state index contributed by atoms with van der Waals surface area (Å²) in [5.41, 5.74) is 0.761. The van der Waals surface area contributed by atoms with Crippen molar-refractivity contribution in [2.75, 3.05) is 0 Å². The maximum absolute atomic E-state index is 8.82. The van der Waals surface area contributed by atoms with Gasteiger partial charge in [0.05, 0.1) is 4.88 Å². The van der Waals surface area contributed by atoms with E-state index in [4.69, 9.17) is 33.0 Å². The number of thiophene rings is 1. The van der Waals surface area contributed by atoms with Crippen molar-refractivity contribution in [2.45, 2.75) is 6.42 Å². The van der Waals surface area contributed by atoms with Crippen molar-refractivity contribution in [3.63, 3.8) is 0 Å². The Morgan fingerprint density at radius 3 is 2.62 bits per heavy atom. The smallest absolute Gasteiger partial charge is 0.268 e. The Labute approximate surface area is 134 Å². The molecule has 0 aliphatic rings. The zero-order chi connectivity index (χ0) is 14.8. The van der Waals surface area contributed by atoms with E-state index < -0.39 is 0 Å². The van der Waals surface area contributed by atoms with E-state index in [1.54, 1.807) is 30.3 Å². The molecule has 0 N–H and O–H groups in total. The molecule has 0 bridgehead atoms. The third-order valence-corrected chi connectivity index (χ3v) is 4.48. The molecule has 3 rings (SSSR count). The van der Waals surface area contributed by atoms with Crippen LogP contribution in [0.4, 0.5) is 0 Å². The second-order valence-corrected chi connectivity index (χ2v) is 6.07. The van der Waals surface area contributed by atoms with Crippen LogP contribution in [0.2, 0.25) is 10.0 Å². The molecule has 0 radical (unpaired) electrons. The van der Waals surface area contributed by atoms with Crippen LogP contribution >= 0.6 is 34.5 Å². The number of nitrogens with zero attached hydrogens (tertiary/aromatic N) is 3. The molecule has 104 valence electrons. The summed E-state index contributed by atoms with van der Waals surface area (Å²) in [6.45, 7) is 0. The Morgan fingerprint density at radius 1 is 1.19 bits per heavy atom. The first-order valence-electron chi connectivity index (χ1n) is 5.93. The van der Waals surface area contributed by atoms with Gasteiger partial charge in [0, 0.05) is 16.5 Å². The van der Waals surface area contributed by atoms with E-state index in [0.29, 0.717) is 33.1 Å². The maximum Gasteiger partial charge on any atom is 0.268 e. The highest BCUT2D eigenvalue weighted by Crippen LogP contribution is 2.29. The predicted molar refractivity (Wildman–Crippen MR) is 81.6 cm³/mol. The molecule has 7 heteroatoms. The van der Waals surface area contributed by atoms with E-state index in [1.165, 1.54) is 11.3 Å². The molecule has 0 aliphatic heterocycles. The Hall–Kier alpha value is -1.87. The van der Waals surface area contributed by atoms with E-state index in [0.717, 1.165) is 10.4 Å². The molecular formula is C14H7Cl2N3OS. The lowest BCUT2D eigenvalue weighted by Crippen LogP contribution is -1.93. The minimum atomic E-state index is 0.387. The van der Waals surface area contributed by atoms with Crippen LogP contribution in [0, 0.1) is 11.3 Å². The first kappa shape index (κ1) is 14.1. The predicted octanol–water partition coefficient (Wildman–Crippen LogP) is 4.57. The van der Waals surface area contributed by atoms with Gasteiger partial charge >= 0.3 is 0 Å². The van der Waals surface area contributed by atoms with Crippen LogP contribution in [0.1, 0.15) is 16.3 Å². The molecule has 0 aliphatic carbocycles. The van der Waals surface area contributed by atoms with Crippen molar-refractivity contribution in [1.29, 1.82) is 5.26 Å². The third kappa shape index (κ3) is 2.93. The number of rotatable bonds is 3. The Morgan fingerprint density at radius 2 is 1.95 bits per heavy atom. The fourth-order valence-corrected chi connectivity index (χ4v) is 3.05. The van der Waals surface area contributed by atoms with Crippen LogP contribution in [0.5, 0.6) is 0 Å². The van der Waals surface area contributed by atoms with E-state index in [2.05, 4.69) is 16.2 Å². The molecule has 0 atom stereocenters. The van der Waals surface area contributed by atoms with Crippen LogP contribution in [0.25, 0.3) is 10.8 Å². The third-order valence-electron chi connectivity index (χ3n) is 2.79. The molecule has 0 saturated carbocycles. The van der Waals surface area contributed by atoms with Crippen LogP contribution in [0.3, 0.4) is 0 Å². The van der Waals surface area contributed by atoms with Crippen LogP contribution in [-0.4, -0.2) is 10.1 Å². The lowest BCUT2D eigenvalue weighted by atomic mass is 10.1. The summed E-state index contributed by atoms with van der Waals surface area (Å²) in [4.78, 5) is 5.67. The lowest BCUT2D eigenvalue weighted by molar-refractivity contribution is 0.425. The van der Waals surface area contributed by atoms with Crippen molar-refractivity contribution in [3.8, 4) is 16.8 Å². The summed E-state index contributed by atoms with van der Waals surface area (Å²) in [6, 6.07) is 10.9. The fourth-order valence-electron chi connectivity index (χ4n) is 1.80. The maximum atomic E-state index is 8.82. The zero-order valence-corrected chi connectivity index (χ0v) is 12.8.